The predicted octanol–water partition coefficient (Wildman–Crippen LogP) is 2.21. The number of anilines is 3. The Hall–Kier alpha value is -2.82. The minimum Gasteiger partial charge on any atom is -0.339 e. The summed E-state index contributed by atoms with van der Waals surface area (Å²) in [5, 5.41) is 2.88. The van der Waals surface area contributed by atoms with E-state index in [1.54, 1.807) is 4.90 Å². The molecule has 2 aromatic carbocycles. The SMILES string of the molecule is O=C1Nc2ccccc2N2CN(c3ccccc3)C(=O)CC12. The second kappa shape index (κ2) is 4.87. The minimum atomic E-state index is -0.428. The lowest BCUT2D eigenvalue weighted by atomic mass is 10.0. The molecule has 5 heteroatoms. The number of fused-ring (bicyclic) bond motifs is 3. The van der Waals surface area contributed by atoms with Gasteiger partial charge in [0.1, 0.15) is 6.04 Å². The average molecular weight is 293 g/mol. The van der Waals surface area contributed by atoms with Gasteiger partial charge in [0.2, 0.25) is 11.8 Å². The van der Waals surface area contributed by atoms with Crippen LogP contribution in [-0.2, 0) is 9.59 Å². The van der Waals surface area contributed by atoms with Gasteiger partial charge in [-0.05, 0) is 24.3 Å². The van der Waals surface area contributed by atoms with Crippen LogP contribution in [0.2, 0.25) is 0 Å². The molecular formula is C17H15N3O2. The van der Waals surface area contributed by atoms with Crippen LogP contribution in [0.15, 0.2) is 54.6 Å². The predicted molar refractivity (Wildman–Crippen MR) is 84.8 cm³/mol. The van der Waals surface area contributed by atoms with Gasteiger partial charge in [-0.15, -0.1) is 0 Å². The second-order valence-electron chi connectivity index (χ2n) is 5.49. The van der Waals surface area contributed by atoms with E-state index in [4.69, 9.17) is 0 Å². The van der Waals surface area contributed by atoms with Gasteiger partial charge in [-0.1, -0.05) is 30.3 Å². The molecule has 1 unspecified atom stereocenters. The molecule has 0 spiro atoms. The van der Waals surface area contributed by atoms with Crippen LogP contribution in [0.25, 0.3) is 0 Å². The Morgan fingerprint density at radius 3 is 2.50 bits per heavy atom. The third-order valence-corrected chi connectivity index (χ3v) is 4.18. The van der Waals surface area contributed by atoms with Crippen molar-refractivity contribution >= 4 is 28.9 Å². The van der Waals surface area contributed by atoms with E-state index >= 15 is 0 Å². The topological polar surface area (TPSA) is 52.7 Å². The van der Waals surface area contributed by atoms with Crippen molar-refractivity contribution < 1.29 is 9.59 Å². The molecule has 2 aliphatic heterocycles. The van der Waals surface area contributed by atoms with E-state index in [9.17, 15) is 9.59 Å². The third kappa shape index (κ3) is 1.94. The lowest BCUT2D eigenvalue weighted by Gasteiger charge is -2.44. The molecule has 1 atom stereocenters. The molecular weight excluding hydrogens is 278 g/mol. The molecule has 2 aromatic rings. The van der Waals surface area contributed by atoms with Gasteiger partial charge in [0.05, 0.1) is 24.5 Å². The molecule has 0 bridgehead atoms. The van der Waals surface area contributed by atoms with Crippen molar-refractivity contribution in [1.29, 1.82) is 0 Å². The lowest BCUT2D eigenvalue weighted by molar-refractivity contribution is -0.125. The van der Waals surface area contributed by atoms with Crippen molar-refractivity contribution in [2.45, 2.75) is 12.5 Å². The summed E-state index contributed by atoms with van der Waals surface area (Å²) < 4.78 is 0. The number of benzene rings is 2. The van der Waals surface area contributed by atoms with Gasteiger partial charge in [0.25, 0.3) is 0 Å². The Morgan fingerprint density at radius 1 is 0.955 bits per heavy atom. The van der Waals surface area contributed by atoms with Crippen molar-refractivity contribution in [2.75, 3.05) is 21.8 Å². The largest absolute Gasteiger partial charge is 0.339 e. The molecule has 22 heavy (non-hydrogen) atoms. The number of rotatable bonds is 1. The fraction of sp³-hybridized carbons (Fsp3) is 0.176. The number of para-hydroxylation sites is 3. The van der Waals surface area contributed by atoms with Crippen LogP contribution in [0.5, 0.6) is 0 Å². The molecule has 1 saturated heterocycles. The molecule has 1 fully saturated rings. The third-order valence-electron chi connectivity index (χ3n) is 4.18. The molecule has 4 rings (SSSR count). The Labute approximate surface area is 128 Å². The highest BCUT2D eigenvalue weighted by molar-refractivity contribution is 6.09. The fourth-order valence-electron chi connectivity index (χ4n) is 3.07. The maximum absolute atomic E-state index is 12.4. The Bertz CT molecular complexity index is 745. The highest BCUT2D eigenvalue weighted by atomic mass is 16.2. The normalized spacial score (nSPS) is 20.3. The van der Waals surface area contributed by atoms with E-state index in [0.717, 1.165) is 17.1 Å². The highest BCUT2D eigenvalue weighted by Crippen LogP contribution is 2.35. The van der Waals surface area contributed by atoms with Crippen molar-refractivity contribution in [1.82, 2.24) is 0 Å². The summed E-state index contributed by atoms with van der Waals surface area (Å²) in [5.41, 5.74) is 2.61. The number of hydrogen-bond acceptors (Lipinski definition) is 3. The van der Waals surface area contributed by atoms with Gasteiger partial charge in [0.15, 0.2) is 0 Å². The van der Waals surface area contributed by atoms with Crippen molar-refractivity contribution in [3.8, 4) is 0 Å². The number of carbonyl (C=O) groups is 2. The van der Waals surface area contributed by atoms with Crippen LogP contribution in [0, 0.1) is 0 Å². The first-order valence-electron chi connectivity index (χ1n) is 7.26. The van der Waals surface area contributed by atoms with Gasteiger partial charge in [-0.2, -0.15) is 0 Å². The molecule has 1 N–H and O–H groups in total. The van der Waals surface area contributed by atoms with Crippen LogP contribution >= 0.6 is 0 Å². The van der Waals surface area contributed by atoms with Crippen LogP contribution in [0.3, 0.4) is 0 Å². The summed E-state index contributed by atoms with van der Waals surface area (Å²) in [6.45, 7) is 0.387. The molecule has 0 aromatic heterocycles. The molecule has 0 radical (unpaired) electrons. The maximum atomic E-state index is 12.4. The first-order valence-corrected chi connectivity index (χ1v) is 7.26. The van der Waals surface area contributed by atoms with E-state index in [1.807, 2.05) is 59.5 Å². The van der Waals surface area contributed by atoms with Crippen LogP contribution in [0.4, 0.5) is 17.1 Å². The molecule has 2 amide bonds. The van der Waals surface area contributed by atoms with E-state index in [2.05, 4.69) is 5.32 Å². The number of amides is 2. The standard InChI is InChI=1S/C17H15N3O2/c21-16-10-15-17(22)18-13-8-4-5-9-14(13)20(15)11-19(16)12-6-2-1-3-7-12/h1-9,15H,10-11H2,(H,18,22). The maximum Gasteiger partial charge on any atom is 0.247 e. The molecule has 0 aliphatic carbocycles. The van der Waals surface area contributed by atoms with E-state index in [-0.39, 0.29) is 18.2 Å². The summed E-state index contributed by atoms with van der Waals surface area (Å²) >= 11 is 0. The highest BCUT2D eigenvalue weighted by Gasteiger charge is 2.40. The zero-order valence-corrected chi connectivity index (χ0v) is 11.9. The van der Waals surface area contributed by atoms with E-state index in [0.29, 0.717) is 6.67 Å². The van der Waals surface area contributed by atoms with E-state index in [1.165, 1.54) is 0 Å². The van der Waals surface area contributed by atoms with Crippen molar-refractivity contribution in [3.05, 3.63) is 54.6 Å². The molecule has 2 heterocycles. The van der Waals surface area contributed by atoms with Gasteiger partial charge in [-0.3, -0.25) is 14.5 Å². The van der Waals surface area contributed by atoms with Gasteiger partial charge in [-0.25, -0.2) is 0 Å². The summed E-state index contributed by atoms with van der Waals surface area (Å²) in [6, 6.07) is 16.8. The van der Waals surface area contributed by atoms with Crippen molar-refractivity contribution in [3.63, 3.8) is 0 Å². The van der Waals surface area contributed by atoms with Gasteiger partial charge in [0, 0.05) is 5.69 Å². The fourth-order valence-corrected chi connectivity index (χ4v) is 3.07. The first kappa shape index (κ1) is 12.9. The Morgan fingerprint density at radius 2 is 1.68 bits per heavy atom. The molecule has 0 saturated carbocycles. The minimum absolute atomic E-state index is 0.0259. The zero-order valence-electron chi connectivity index (χ0n) is 11.9. The average Bonchev–Trinajstić information content (AvgIpc) is 2.56. The van der Waals surface area contributed by atoms with Gasteiger partial charge < -0.3 is 10.2 Å². The van der Waals surface area contributed by atoms with Crippen LogP contribution in [-0.4, -0.2) is 24.5 Å². The molecule has 110 valence electrons. The van der Waals surface area contributed by atoms with Crippen LogP contribution in [0.1, 0.15) is 6.42 Å². The summed E-state index contributed by atoms with van der Waals surface area (Å²) in [4.78, 5) is 28.4. The Kier molecular flexibility index (Phi) is 2.85. The number of nitrogens with one attached hydrogen (secondary N) is 1. The van der Waals surface area contributed by atoms with E-state index < -0.39 is 6.04 Å². The second-order valence-corrected chi connectivity index (χ2v) is 5.49. The Balaban J connectivity index is 1.74. The number of nitrogens with zero attached hydrogens (tertiary/aromatic N) is 2. The van der Waals surface area contributed by atoms with Crippen LogP contribution < -0.4 is 15.1 Å². The monoisotopic (exact) mass is 293 g/mol. The summed E-state index contributed by atoms with van der Waals surface area (Å²) in [6.07, 6.45) is 0.190. The zero-order chi connectivity index (χ0) is 15.1. The molecule has 2 aliphatic rings. The van der Waals surface area contributed by atoms with Gasteiger partial charge >= 0.3 is 0 Å². The number of carbonyl (C=O) groups excluding carboxylic acids is 2. The summed E-state index contributed by atoms with van der Waals surface area (Å²) in [7, 11) is 0. The number of hydrogen-bond donors (Lipinski definition) is 1. The molecule has 5 nitrogen and oxygen atoms in total. The van der Waals surface area contributed by atoms with Crippen molar-refractivity contribution in [2.24, 2.45) is 0 Å². The quantitative estimate of drug-likeness (QED) is 0.877. The summed E-state index contributed by atoms with van der Waals surface area (Å²) in [5.74, 6) is -0.137. The smallest absolute Gasteiger partial charge is 0.247 e. The first-order chi connectivity index (χ1) is 10.7. The lowest BCUT2D eigenvalue weighted by Crippen LogP contribution is -2.59.